The van der Waals surface area contributed by atoms with Crippen LogP contribution in [-0.2, 0) is 14.3 Å². The number of ether oxygens (including phenoxy) is 2. The molecule has 19 heavy (non-hydrogen) atoms. The molecule has 2 fully saturated rings. The van der Waals surface area contributed by atoms with Gasteiger partial charge in [-0.3, -0.25) is 4.79 Å². The molecule has 108 valence electrons. The van der Waals surface area contributed by atoms with Gasteiger partial charge in [0.2, 0.25) is 5.91 Å². The molecule has 0 saturated carbocycles. The molecule has 2 aliphatic heterocycles. The molecule has 1 unspecified atom stereocenters. The van der Waals surface area contributed by atoms with Crippen molar-refractivity contribution in [2.24, 2.45) is 0 Å². The van der Waals surface area contributed by atoms with Crippen LogP contribution in [0.4, 0.5) is 0 Å². The van der Waals surface area contributed by atoms with Crippen molar-refractivity contribution in [3.05, 3.63) is 11.1 Å². The van der Waals surface area contributed by atoms with E-state index in [1.165, 1.54) is 6.08 Å². The molecule has 0 aromatic heterocycles. The fourth-order valence-corrected chi connectivity index (χ4v) is 3.06. The summed E-state index contributed by atoms with van der Waals surface area (Å²) >= 11 is 5.80. The fourth-order valence-electron chi connectivity index (χ4n) is 2.96. The van der Waals surface area contributed by atoms with Crippen molar-refractivity contribution in [1.29, 1.82) is 0 Å². The van der Waals surface area contributed by atoms with Crippen LogP contribution >= 0.6 is 11.6 Å². The Kier molecular flexibility index (Phi) is 4.23. The van der Waals surface area contributed by atoms with Crippen LogP contribution in [0.2, 0.25) is 0 Å². The number of carbonyl (C=O) groups is 1. The van der Waals surface area contributed by atoms with E-state index in [4.69, 9.17) is 21.1 Å². The summed E-state index contributed by atoms with van der Waals surface area (Å²) in [6.45, 7) is 8.23. The van der Waals surface area contributed by atoms with E-state index in [1.807, 2.05) is 18.7 Å². The summed E-state index contributed by atoms with van der Waals surface area (Å²) in [5.41, 5.74) is -0.716. The summed E-state index contributed by atoms with van der Waals surface area (Å²) in [7, 11) is 0. The first-order valence-electron chi connectivity index (χ1n) is 6.73. The highest BCUT2D eigenvalue weighted by atomic mass is 35.5. The van der Waals surface area contributed by atoms with Gasteiger partial charge in [0, 0.05) is 24.3 Å². The van der Waals surface area contributed by atoms with Gasteiger partial charge < -0.3 is 14.4 Å². The van der Waals surface area contributed by atoms with Crippen molar-refractivity contribution in [3.63, 3.8) is 0 Å². The number of allylic oxidation sites excluding steroid dienone is 1. The van der Waals surface area contributed by atoms with E-state index in [0.29, 0.717) is 24.7 Å². The van der Waals surface area contributed by atoms with Crippen LogP contribution in [0.15, 0.2) is 11.1 Å². The molecule has 2 rings (SSSR count). The Bertz CT molecular complexity index is 382. The van der Waals surface area contributed by atoms with Gasteiger partial charge in [0.25, 0.3) is 0 Å². The third-order valence-corrected chi connectivity index (χ3v) is 3.57. The summed E-state index contributed by atoms with van der Waals surface area (Å²) in [5.74, 6) is -0.0474. The lowest BCUT2D eigenvalue weighted by atomic mass is 9.90. The van der Waals surface area contributed by atoms with Gasteiger partial charge in [-0.2, -0.15) is 0 Å². The van der Waals surface area contributed by atoms with Crippen LogP contribution < -0.4 is 0 Å². The van der Waals surface area contributed by atoms with Gasteiger partial charge in [-0.15, -0.1) is 0 Å². The monoisotopic (exact) mass is 287 g/mol. The summed E-state index contributed by atoms with van der Waals surface area (Å²) in [4.78, 5) is 14.0. The molecule has 2 saturated heterocycles. The van der Waals surface area contributed by atoms with Gasteiger partial charge in [-0.05, 0) is 33.6 Å². The molecule has 1 spiro atoms. The Balaban J connectivity index is 2.17. The Morgan fingerprint density at radius 1 is 1.37 bits per heavy atom. The highest BCUT2D eigenvalue weighted by Crippen LogP contribution is 2.34. The van der Waals surface area contributed by atoms with E-state index in [1.54, 1.807) is 6.92 Å². The second-order valence-electron chi connectivity index (χ2n) is 6.13. The number of halogens is 1. The minimum atomic E-state index is -0.358. The second-order valence-corrected chi connectivity index (χ2v) is 6.72. The molecule has 0 N–H and O–H groups in total. The van der Waals surface area contributed by atoms with Gasteiger partial charge in [0.15, 0.2) is 0 Å². The molecule has 0 aromatic carbocycles. The van der Waals surface area contributed by atoms with E-state index in [-0.39, 0.29) is 17.1 Å². The van der Waals surface area contributed by atoms with Crippen molar-refractivity contribution in [1.82, 2.24) is 4.90 Å². The number of hydrogen-bond acceptors (Lipinski definition) is 3. The highest BCUT2D eigenvalue weighted by Gasteiger charge is 2.46. The summed E-state index contributed by atoms with van der Waals surface area (Å²) < 4.78 is 11.8. The van der Waals surface area contributed by atoms with Crippen LogP contribution in [0.1, 0.15) is 33.6 Å². The third kappa shape index (κ3) is 3.71. The zero-order chi connectivity index (χ0) is 14.1. The van der Waals surface area contributed by atoms with Gasteiger partial charge >= 0.3 is 0 Å². The summed E-state index contributed by atoms with van der Waals surface area (Å²) in [6.07, 6.45) is 3.38. The van der Waals surface area contributed by atoms with E-state index < -0.39 is 0 Å². The van der Waals surface area contributed by atoms with Crippen LogP contribution in [0.5, 0.6) is 0 Å². The first-order chi connectivity index (χ1) is 8.82. The molecule has 4 nitrogen and oxygen atoms in total. The molecule has 0 bridgehead atoms. The molecule has 5 heteroatoms. The first-order valence-corrected chi connectivity index (χ1v) is 7.10. The van der Waals surface area contributed by atoms with E-state index >= 15 is 0 Å². The lowest BCUT2D eigenvalue weighted by Gasteiger charge is -2.51. The van der Waals surface area contributed by atoms with Crippen molar-refractivity contribution in [2.45, 2.75) is 44.8 Å². The van der Waals surface area contributed by atoms with Crippen LogP contribution in [0, 0.1) is 0 Å². The number of morpholine rings is 1. The molecule has 1 atom stereocenters. The molecule has 0 aliphatic carbocycles. The zero-order valence-corrected chi connectivity index (χ0v) is 12.6. The van der Waals surface area contributed by atoms with Crippen LogP contribution in [0.25, 0.3) is 0 Å². The Hall–Kier alpha value is -0.580. The van der Waals surface area contributed by atoms with E-state index in [9.17, 15) is 4.79 Å². The quantitative estimate of drug-likeness (QED) is 0.695. The smallest absolute Gasteiger partial charge is 0.247 e. The standard InChI is InChI=1S/C14H22ClNO3/c1-11(15)7-12(17)16-8-13(2,3)19-14(9-16)5-4-6-18-10-14/h7H,4-6,8-10H2,1-3H3/b11-7-. The Labute approximate surface area is 119 Å². The minimum Gasteiger partial charge on any atom is -0.378 e. The van der Waals surface area contributed by atoms with Crippen LogP contribution in [0.3, 0.4) is 0 Å². The first kappa shape index (κ1) is 14.8. The molecule has 2 aliphatic rings. The molecule has 1 amide bonds. The molecule has 0 aromatic rings. The Morgan fingerprint density at radius 3 is 2.68 bits per heavy atom. The third-order valence-electron chi connectivity index (χ3n) is 3.46. The van der Waals surface area contributed by atoms with Crippen molar-refractivity contribution in [3.8, 4) is 0 Å². The molecular weight excluding hydrogens is 266 g/mol. The zero-order valence-electron chi connectivity index (χ0n) is 11.9. The minimum absolute atomic E-state index is 0.0474. The van der Waals surface area contributed by atoms with Gasteiger partial charge in [-0.25, -0.2) is 0 Å². The topological polar surface area (TPSA) is 38.8 Å². The predicted molar refractivity (Wildman–Crippen MR) is 74.1 cm³/mol. The van der Waals surface area contributed by atoms with Gasteiger partial charge in [0.1, 0.15) is 5.60 Å². The SMILES string of the molecule is C/C(Cl)=C/C(=O)N1CC(C)(C)OC2(CCCOC2)C1. The summed E-state index contributed by atoms with van der Waals surface area (Å²) in [5, 5.41) is 0.503. The van der Waals surface area contributed by atoms with Crippen molar-refractivity contribution < 1.29 is 14.3 Å². The van der Waals surface area contributed by atoms with Gasteiger partial charge in [0.05, 0.1) is 18.8 Å². The Morgan fingerprint density at radius 2 is 2.11 bits per heavy atom. The number of amides is 1. The maximum Gasteiger partial charge on any atom is 0.247 e. The van der Waals surface area contributed by atoms with Crippen molar-refractivity contribution in [2.75, 3.05) is 26.3 Å². The van der Waals surface area contributed by atoms with Crippen LogP contribution in [-0.4, -0.2) is 48.3 Å². The average Bonchev–Trinajstić information content (AvgIpc) is 2.26. The van der Waals surface area contributed by atoms with E-state index in [0.717, 1.165) is 19.4 Å². The predicted octanol–water partition coefficient (Wildman–Crippen LogP) is 2.32. The lowest BCUT2D eigenvalue weighted by Crippen LogP contribution is -2.63. The number of hydrogen-bond donors (Lipinski definition) is 0. The maximum atomic E-state index is 12.2. The lowest BCUT2D eigenvalue weighted by molar-refractivity contribution is -0.231. The maximum absolute atomic E-state index is 12.2. The second kappa shape index (κ2) is 5.43. The molecule has 2 heterocycles. The molecule has 0 radical (unpaired) electrons. The average molecular weight is 288 g/mol. The molecular formula is C14H22ClNO3. The fraction of sp³-hybridized carbons (Fsp3) is 0.786. The largest absolute Gasteiger partial charge is 0.378 e. The summed E-state index contributed by atoms with van der Waals surface area (Å²) in [6, 6.07) is 0. The number of nitrogens with zero attached hydrogens (tertiary/aromatic N) is 1. The van der Waals surface area contributed by atoms with E-state index in [2.05, 4.69) is 0 Å². The normalized spacial score (nSPS) is 31.6. The highest BCUT2D eigenvalue weighted by molar-refractivity contribution is 6.30. The van der Waals surface area contributed by atoms with Crippen molar-refractivity contribution >= 4 is 17.5 Å². The number of carbonyl (C=O) groups excluding carboxylic acids is 1. The number of rotatable bonds is 1. The van der Waals surface area contributed by atoms with Gasteiger partial charge in [-0.1, -0.05) is 11.6 Å².